The van der Waals surface area contributed by atoms with Gasteiger partial charge in [0.2, 0.25) is 0 Å². The van der Waals surface area contributed by atoms with Crippen molar-refractivity contribution in [1.29, 1.82) is 0 Å². The molecule has 1 saturated carbocycles. The van der Waals surface area contributed by atoms with Crippen molar-refractivity contribution < 1.29 is 9.47 Å². The van der Waals surface area contributed by atoms with Crippen molar-refractivity contribution in [3.05, 3.63) is 0 Å². The van der Waals surface area contributed by atoms with Crippen molar-refractivity contribution in [1.82, 2.24) is 4.90 Å². The van der Waals surface area contributed by atoms with E-state index in [0.29, 0.717) is 5.41 Å². The maximum absolute atomic E-state index is 6.20. The van der Waals surface area contributed by atoms with E-state index in [1.54, 1.807) is 0 Å². The Balaban J connectivity index is 1.86. The molecule has 0 aromatic carbocycles. The molecule has 0 bridgehead atoms. The summed E-state index contributed by atoms with van der Waals surface area (Å²) >= 11 is 0. The Hall–Kier alpha value is -0.120. The number of hydrogen-bond acceptors (Lipinski definition) is 3. The fourth-order valence-corrected chi connectivity index (χ4v) is 3.30. The first kappa shape index (κ1) is 14.3. The molecule has 1 aliphatic heterocycles. The maximum atomic E-state index is 6.20. The minimum atomic E-state index is -0.248. The van der Waals surface area contributed by atoms with Gasteiger partial charge in [0.05, 0.1) is 12.7 Å². The predicted octanol–water partition coefficient (Wildman–Crippen LogP) is 2.90. The summed E-state index contributed by atoms with van der Waals surface area (Å²) in [7, 11) is 4.18. The molecule has 1 spiro atoms. The number of ether oxygens (including phenoxy) is 2. The lowest BCUT2D eigenvalue weighted by atomic mass is 9.71. The average Bonchev–Trinajstić information content (AvgIpc) is 2.60. The highest BCUT2D eigenvalue weighted by molar-refractivity contribution is 4.89. The van der Waals surface area contributed by atoms with Crippen LogP contribution in [-0.4, -0.2) is 44.0 Å². The first-order valence-corrected chi connectivity index (χ1v) is 7.27. The van der Waals surface area contributed by atoms with Crippen molar-refractivity contribution in [3.8, 4) is 0 Å². The number of likely N-dealkylation sites (N-methyl/N-ethyl adjacent to an activating group) is 1. The zero-order valence-electron chi connectivity index (χ0n) is 12.7. The van der Waals surface area contributed by atoms with Gasteiger partial charge in [-0.25, -0.2) is 0 Å². The lowest BCUT2D eigenvalue weighted by Crippen LogP contribution is -2.39. The third-order valence-electron chi connectivity index (χ3n) is 4.45. The van der Waals surface area contributed by atoms with E-state index in [1.807, 2.05) is 0 Å². The standard InChI is InChI=1S/C15H29NO2/c1-14(2,3)12-6-8-15(9-7-12)17-11-13(18-15)10-16(4)5/h12-13H,6-11H2,1-5H3. The van der Waals surface area contributed by atoms with Gasteiger partial charge in [-0.2, -0.15) is 0 Å². The minimum Gasteiger partial charge on any atom is -0.347 e. The van der Waals surface area contributed by atoms with Gasteiger partial charge in [0.1, 0.15) is 0 Å². The average molecular weight is 255 g/mol. The Morgan fingerprint density at radius 2 is 1.78 bits per heavy atom. The SMILES string of the molecule is CN(C)CC1COC2(CCC(C(C)(C)C)CC2)O1. The van der Waals surface area contributed by atoms with Crippen LogP contribution in [0.1, 0.15) is 46.5 Å². The first-order chi connectivity index (χ1) is 8.31. The van der Waals surface area contributed by atoms with Crippen LogP contribution < -0.4 is 0 Å². The number of rotatable bonds is 2. The van der Waals surface area contributed by atoms with E-state index in [4.69, 9.17) is 9.47 Å². The minimum absolute atomic E-state index is 0.248. The van der Waals surface area contributed by atoms with Crippen LogP contribution in [0, 0.1) is 11.3 Å². The summed E-state index contributed by atoms with van der Waals surface area (Å²) in [5.74, 6) is 0.561. The third-order valence-corrected chi connectivity index (χ3v) is 4.45. The van der Waals surface area contributed by atoms with E-state index in [2.05, 4.69) is 39.8 Å². The van der Waals surface area contributed by atoms with Crippen molar-refractivity contribution in [2.45, 2.75) is 58.3 Å². The van der Waals surface area contributed by atoms with Crippen LogP contribution in [0.15, 0.2) is 0 Å². The Bertz CT molecular complexity index is 275. The zero-order chi connectivity index (χ0) is 13.4. The Labute approximate surface area is 112 Å². The fourth-order valence-electron chi connectivity index (χ4n) is 3.30. The third kappa shape index (κ3) is 3.25. The maximum Gasteiger partial charge on any atom is 0.168 e. The second-order valence-electron chi connectivity index (χ2n) is 7.36. The van der Waals surface area contributed by atoms with E-state index in [9.17, 15) is 0 Å². The predicted molar refractivity (Wildman–Crippen MR) is 73.5 cm³/mol. The molecule has 1 aliphatic carbocycles. The van der Waals surface area contributed by atoms with Crippen molar-refractivity contribution in [3.63, 3.8) is 0 Å². The van der Waals surface area contributed by atoms with Gasteiger partial charge in [0, 0.05) is 19.4 Å². The number of hydrogen-bond donors (Lipinski definition) is 0. The van der Waals surface area contributed by atoms with Crippen LogP contribution >= 0.6 is 0 Å². The molecule has 0 radical (unpaired) electrons. The van der Waals surface area contributed by atoms with Gasteiger partial charge in [-0.1, -0.05) is 20.8 Å². The largest absolute Gasteiger partial charge is 0.347 e. The van der Waals surface area contributed by atoms with Crippen LogP contribution in [0.4, 0.5) is 0 Å². The molecule has 18 heavy (non-hydrogen) atoms. The Morgan fingerprint density at radius 1 is 1.17 bits per heavy atom. The van der Waals surface area contributed by atoms with Gasteiger partial charge in [0.15, 0.2) is 5.79 Å². The molecule has 3 heteroatoms. The molecule has 2 fully saturated rings. The van der Waals surface area contributed by atoms with Crippen LogP contribution in [0.2, 0.25) is 0 Å². The summed E-state index contributed by atoms with van der Waals surface area (Å²) in [6, 6.07) is 0. The summed E-state index contributed by atoms with van der Waals surface area (Å²) in [6.07, 6.45) is 4.86. The molecule has 0 aromatic rings. The van der Waals surface area contributed by atoms with Crippen molar-refractivity contribution in [2.24, 2.45) is 11.3 Å². The highest BCUT2D eigenvalue weighted by atomic mass is 16.7. The summed E-state index contributed by atoms with van der Waals surface area (Å²) < 4.78 is 12.2. The van der Waals surface area contributed by atoms with E-state index in [1.165, 1.54) is 12.8 Å². The van der Waals surface area contributed by atoms with Gasteiger partial charge in [-0.05, 0) is 38.3 Å². The molecule has 2 aliphatic rings. The molecule has 1 unspecified atom stereocenters. The quantitative estimate of drug-likeness (QED) is 0.757. The molecular formula is C15H29NO2. The molecule has 106 valence electrons. The molecule has 1 saturated heterocycles. The van der Waals surface area contributed by atoms with E-state index >= 15 is 0 Å². The molecule has 1 atom stereocenters. The second-order valence-corrected chi connectivity index (χ2v) is 7.36. The summed E-state index contributed by atoms with van der Waals surface area (Å²) in [6.45, 7) is 8.77. The lowest BCUT2D eigenvalue weighted by Gasteiger charge is -2.41. The van der Waals surface area contributed by atoms with Crippen LogP contribution in [0.3, 0.4) is 0 Å². The number of nitrogens with zero attached hydrogens (tertiary/aromatic N) is 1. The van der Waals surface area contributed by atoms with E-state index in [-0.39, 0.29) is 11.9 Å². The molecule has 0 N–H and O–H groups in total. The molecule has 1 heterocycles. The first-order valence-electron chi connectivity index (χ1n) is 7.27. The summed E-state index contributed by atoms with van der Waals surface area (Å²) in [5, 5.41) is 0. The smallest absolute Gasteiger partial charge is 0.168 e. The van der Waals surface area contributed by atoms with Gasteiger partial charge in [-0.3, -0.25) is 0 Å². The Kier molecular flexibility index (Phi) is 4.05. The zero-order valence-corrected chi connectivity index (χ0v) is 12.7. The van der Waals surface area contributed by atoms with Crippen LogP contribution in [0.25, 0.3) is 0 Å². The van der Waals surface area contributed by atoms with Crippen molar-refractivity contribution in [2.75, 3.05) is 27.2 Å². The van der Waals surface area contributed by atoms with E-state index < -0.39 is 0 Å². The highest BCUT2D eigenvalue weighted by Gasteiger charge is 2.45. The van der Waals surface area contributed by atoms with E-state index in [0.717, 1.165) is 31.9 Å². The van der Waals surface area contributed by atoms with Crippen LogP contribution in [-0.2, 0) is 9.47 Å². The van der Waals surface area contributed by atoms with Gasteiger partial charge >= 0.3 is 0 Å². The molecule has 3 nitrogen and oxygen atoms in total. The molecule has 2 rings (SSSR count). The monoisotopic (exact) mass is 255 g/mol. The molecule has 0 aromatic heterocycles. The normalized spacial score (nSPS) is 37.7. The van der Waals surface area contributed by atoms with Gasteiger partial charge in [-0.15, -0.1) is 0 Å². The second kappa shape index (κ2) is 5.10. The summed E-state index contributed by atoms with van der Waals surface area (Å²) in [4.78, 5) is 2.17. The van der Waals surface area contributed by atoms with Crippen molar-refractivity contribution >= 4 is 0 Å². The fraction of sp³-hybridized carbons (Fsp3) is 1.00. The molecular weight excluding hydrogens is 226 g/mol. The lowest BCUT2D eigenvalue weighted by molar-refractivity contribution is -0.197. The topological polar surface area (TPSA) is 21.7 Å². The van der Waals surface area contributed by atoms with Gasteiger partial charge < -0.3 is 14.4 Å². The summed E-state index contributed by atoms with van der Waals surface area (Å²) in [5.41, 5.74) is 0.420. The van der Waals surface area contributed by atoms with Crippen LogP contribution in [0.5, 0.6) is 0 Å². The highest BCUT2D eigenvalue weighted by Crippen LogP contribution is 2.45. The Morgan fingerprint density at radius 3 is 2.28 bits per heavy atom. The van der Waals surface area contributed by atoms with Gasteiger partial charge in [0.25, 0.3) is 0 Å². The molecule has 0 amide bonds.